The molecule has 1 amide bonds. The molecule has 1 unspecified atom stereocenters. The number of anilines is 1. The number of aromatic hydroxyl groups is 1. The zero-order chi connectivity index (χ0) is 15.3. The van der Waals surface area contributed by atoms with Gasteiger partial charge in [0.2, 0.25) is 5.91 Å². The van der Waals surface area contributed by atoms with Gasteiger partial charge in [0.15, 0.2) is 11.6 Å². The molecule has 1 aromatic heterocycles. The zero-order valence-corrected chi connectivity index (χ0v) is 12.6. The van der Waals surface area contributed by atoms with Gasteiger partial charge in [-0.1, -0.05) is 0 Å². The van der Waals surface area contributed by atoms with Crippen LogP contribution in [-0.2, 0) is 14.6 Å². The fraction of sp³-hybridized carbons (Fsp3) is 0.571. The van der Waals surface area contributed by atoms with Gasteiger partial charge in [-0.2, -0.15) is 0 Å². The zero-order valence-electron chi connectivity index (χ0n) is 11.8. The lowest BCUT2D eigenvalue weighted by atomic mass is 9.96. The van der Waals surface area contributed by atoms with Crippen LogP contribution in [0.15, 0.2) is 12.1 Å². The Morgan fingerprint density at radius 2 is 2.05 bits per heavy atom. The molecule has 1 aliphatic heterocycles. The second-order valence-corrected chi connectivity index (χ2v) is 8.38. The Bertz CT molecular complexity index is 685. The van der Waals surface area contributed by atoms with E-state index in [9.17, 15) is 18.3 Å². The number of amides is 1. The van der Waals surface area contributed by atoms with Gasteiger partial charge in [-0.3, -0.25) is 4.79 Å². The third kappa shape index (κ3) is 2.74. The summed E-state index contributed by atoms with van der Waals surface area (Å²) in [6.07, 6.45) is 1.84. The Morgan fingerprint density at radius 1 is 1.38 bits per heavy atom. The highest BCUT2D eigenvalue weighted by Crippen LogP contribution is 2.60. The molecule has 2 N–H and O–H groups in total. The van der Waals surface area contributed by atoms with Crippen LogP contribution in [0.25, 0.3) is 0 Å². The molecule has 0 bridgehead atoms. The number of aryl methyl sites for hydroxylation is 1. The summed E-state index contributed by atoms with van der Waals surface area (Å²) in [6, 6.07) is 3.16. The van der Waals surface area contributed by atoms with E-state index in [1.54, 1.807) is 13.0 Å². The summed E-state index contributed by atoms with van der Waals surface area (Å²) in [7, 11) is -2.92. The first-order chi connectivity index (χ1) is 9.81. The molecule has 0 radical (unpaired) electrons. The van der Waals surface area contributed by atoms with Crippen LogP contribution in [0.4, 0.5) is 5.82 Å². The quantitative estimate of drug-likeness (QED) is 0.857. The summed E-state index contributed by atoms with van der Waals surface area (Å²) in [6.45, 7) is 1.78. The molecule has 7 heteroatoms. The van der Waals surface area contributed by atoms with Gasteiger partial charge in [-0.25, -0.2) is 13.4 Å². The lowest BCUT2D eigenvalue weighted by molar-refractivity contribution is -0.118. The van der Waals surface area contributed by atoms with Gasteiger partial charge >= 0.3 is 0 Å². The molecular weight excluding hydrogens is 292 g/mol. The fourth-order valence-electron chi connectivity index (χ4n) is 3.06. The van der Waals surface area contributed by atoms with Gasteiger partial charge < -0.3 is 10.4 Å². The molecule has 1 saturated carbocycles. The summed E-state index contributed by atoms with van der Waals surface area (Å²) in [5.74, 6) is 0.105. The largest absolute Gasteiger partial charge is 0.504 e. The maximum atomic E-state index is 12.3. The monoisotopic (exact) mass is 310 g/mol. The van der Waals surface area contributed by atoms with Gasteiger partial charge in [0.25, 0.3) is 0 Å². The minimum atomic E-state index is -2.92. The van der Waals surface area contributed by atoms with Crippen molar-refractivity contribution in [2.45, 2.75) is 26.2 Å². The van der Waals surface area contributed by atoms with Crippen LogP contribution in [-0.4, -0.2) is 35.9 Å². The average molecular weight is 310 g/mol. The van der Waals surface area contributed by atoms with Crippen molar-refractivity contribution in [3.63, 3.8) is 0 Å². The van der Waals surface area contributed by atoms with E-state index in [-0.39, 0.29) is 40.3 Å². The minimum absolute atomic E-state index is 0.0603. The van der Waals surface area contributed by atoms with Crippen molar-refractivity contribution in [2.75, 3.05) is 16.8 Å². The highest BCUT2D eigenvalue weighted by atomic mass is 32.2. The van der Waals surface area contributed by atoms with Gasteiger partial charge in [-0.15, -0.1) is 0 Å². The molecule has 2 aliphatic rings. The van der Waals surface area contributed by atoms with Crippen LogP contribution in [0, 0.1) is 18.3 Å². The minimum Gasteiger partial charge on any atom is -0.504 e. The fourth-order valence-corrected chi connectivity index (χ4v) is 4.70. The third-order valence-electron chi connectivity index (χ3n) is 4.58. The van der Waals surface area contributed by atoms with E-state index in [4.69, 9.17) is 0 Å². The number of aromatic nitrogens is 1. The van der Waals surface area contributed by atoms with Crippen molar-refractivity contribution in [1.29, 1.82) is 0 Å². The van der Waals surface area contributed by atoms with Crippen molar-refractivity contribution >= 4 is 21.6 Å². The van der Waals surface area contributed by atoms with E-state index >= 15 is 0 Å². The molecule has 114 valence electrons. The predicted octanol–water partition coefficient (Wildman–Crippen LogP) is 1.25. The van der Waals surface area contributed by atoms with Crippen molar-refractivity contribution in [3.8, 4) is 5.75 Å². The molecule has 2 heterocycles. The number of carbonyl (C=O) groups excluding carboxylic acids is 1. The Labute approximate surface area is 123 Å². The summed E-state index contributed by atoms with van der Waals surface area (Å²) < 4.78 is 22.9. The number of hydrogen-bond acceptors (Lipinski definition) is 5. The topological polar surface area (TPSA) is 96.4 Å². The number of sulfone groups is 1. The molecule has 1 saturated heterocycles. The molecule has 1 aromatic rings. The first-order valence-corrected chi connectivity index (χ1v) is 8.81. The molecule has 1 aliphatic carbocycles. The summed E-state index contributed by atoms with van der Waals surface area (Å²) in [5, 5.41) is 12.4. The molecule has 1 spiro atoms. The second-order valence-electron chi connectivity index (χ2n) is 6.08. The number of hydrogen-bond donors (Lipinski definition) is 2. The maximum Gasteiger partial charge on any atom is 0.229 e. The van der Waals surface area contributed by atoms with Gasteiger partial charge in [0.1, 0.15) is 9.84 Å². The number of pyridine rings is 1. The smallest absolute Gasteiger partial charge is 0.229 e. The lowest BCUT2D eigenvalue weighted by Gasteiger charge is -2.22. The van der Waals surface area contributed by atoms with Gasteiger partial charge in [0.05, 0.1) is 11.5 Å². The molecule has 21 heavy (non-hydrogen) atoms. The predicted molar refractivity (Wildman–Crippen MR) is 77.7 cm³/mol. The summed E-state index contributed by atoms with van der Waals surface area (Å²) in [5.41, 5.74) is 0.548. The molecule has 3 rings (SSSR count). The first kappa shape index (κ1) is 14.3. The number of rotatable bonds is 2. The van der Waals surface area contributed by atoms with Gasteiger partial charge in [-0.05, 0) is 43.7 Å². The van der Waals surface area contributed by atoms with Crippen molar-refractivity contribution in [1.82, 2.24) is 4.98 Å². The standard InChI is InChI=1S/C14H18N2O4S/c1-9-2-3-11(17)12(15-9)16-13(18)10-8-14(10)4-6-21(19,20)7-5-14/h2-3,10,17H,4-8H2,1H3,(H,15,16,18). The Morgan fingerprint density at radius 3 is 2.71 bits per heavy atom. The second kappa shape index (κ2) is 4.69. The molecular formula is C14H18N2O4S. The van der Waals surface area contributed by atoms with Crippen LogP contribution in [0.5, 0.6) is 5.75 Å². The Kier molecular flexibility index (Phi) is 3.20. The van der Waals surface area contributed by atoms with Crippen LogP contribution < -0.4 is 5.32 Å². The van der Waals surface area contributed by atoms with E-state index in [0.717, 1.165) is 6.42 Å². The van der Waals surface area contributed by atoms with Crippen LogP contribution in [0.1, 0.15) is 25.0 Å². The molecule has 0 aromatic carbocycles. The number of nitrogens with one attached hydrogen (secondary N) is 1. The van der Waals surface area contributed by atoms with Crippen molar-refractivity contribution in [2.24, 2.45) is 11.3 Å². The van der Waals surface area contributed by atoms with E-state index in [1.165, 1.54) is 6.07 Å². The number of carbonyl (C=O) groups is 1. The SMILES string of the molecule is Cc1ccc(O)c(NC(=O)C2CC23CCS(=O)(=O)CC3)n1. The molecule has 2 fully saturated rings. The van der Waals surface area contributed by atoms with E-state index in [1.807, 2.05) is 0 Å². The third-order valence-corrected chi connectivity index (χ3v) is 6.24. The normalized spacial score (nSPS) is 25.5. The maximum absolute atomic E-state index is 12.3. The van der Waals surface area contributed by atoms with E-state index in [2.05, 4.69) is 10.3 Å². The van der Waals surface area contributed by atoms with Crippen molar-refractivity contribution in [3.05, 3.63) is 17.8 Å². The van der Waals surface area contributed by atoms with Crippen LogP contribution in [0.2, 0.25) is 0 Å². The highest BCUT2D eigenvalue weighted by Gasteiger charge is 2.59. The average Bonchev–Trinajstić information content (AvgIpc) is 3.13. The lowest BCUT2D eigenvalue weighted by Crippen LogP contribution is -2.28. The molecule has 6 nitrogen and oxygen atoms in total. The number of nitrogens with zero attached hydrogens (tertiary/aromatic N) is 1. The first-order valence-electron chi connectivity index (χ1n) is 6.99. The summed E-state index contributed by atoms with van der Waals surface area (Å²) in [4.78, 5) is 16.4. The van der Waals surface area contributed by atoms with Crippen LogP contribution in [0.3, 0.4) is 0 Å². The molecule has 1 atom stereocenters. The van der Waals surface area contributed by atoms with E-state index in [0.29, 0.717) is 18.5 Å². The van der Waals surface area contributed by atoms with Gasteiger partial charge in [0, 0.05) is 11.6 Å². The van der Waals surface area contributed by atoms with Crippen molar-refractivity contribution < 1.29 is 18.3 Å². The van der Waals surface area contributed by atoms with E-state index < -0.39 is 9.84 Å². The Balaban J connectivity index is 1.67. The van der Waals surface area contributed by atoms with Crippen LogP contribution >= 0.6 is 0 Å². The Hall–Kier alpha value is -1.63. The highest BCUT2D eigenvalue weighted by molar-refractivity contribution is 7.91. The summed E-state index contributed by atoms with van der Waals surface area (Å²) >= 11 is 0.